The minimum absolute atomic E-state index is 0.501. The van der Waals surface area contributed by atoms with Crippen molar-refractivity contribution >= 4 is 34.2 Å². The summed E-state index contributed by atoms with van der Waals surface area (Å²) in [7, 11) is 0. The number of furan rings is 1. The van der Waals surface area contributed by atoms with E-state index in [0.717, 1.165) is 30.7 Å². The second-order valence-corrected chi connectivity index (χ2v) is 4.66. The van der Waals surface area contributed by atoms with Gasteiger partial charge in [-0.05, 0) is 25.1 Å². The SMILES string of the molecule is CCNCc1oc2c(Cl)c(Cl)ccc2c1CC. The van der Waals surface area contributed by atoms with Gasteiger partial charge in [-0.15, -0.1) is 0 Å². The van der Waals surface area contributed by atoms with Gasteiger partial charge < -0.3 is 9.73 Å². The molecule has 2 aromatic rings. The van der Waals surface area contributed by atoms with Crippen LogP contribution in [0.4, 0.5) is 0 Å². The van der Waals surface area contributed by atoms with Gasteiger partial charge in [-0.2, -0.15) is 0 Å². The molecule has 4 heteroatoms. The Morgan fingerprint density at radius 2 is 2.00 bits per heavy atom. The molecule has 1 N–H and O–H groups in total. The van der Waals surface area contributed by atoms with Crippen LogP contribution < -0.4 is 5.32 Å². The maximum Gasteiger partial charge on any atom is 0.154 e. The van der Waals surface area contributed by atoms with Crippen molar-refractivity contribution in [3.8, 4) is 0 Å². The molecule has 17 heavy (non-hydrogen) atoms. The van der Waals surface area contributed by atoms with Gasteiger partial charge in [-0.3, -0.25) is 0 Å². The van der Waals surface area contributed by atoms with Crippen molar-refractivity contribution in [1.29, 1.82) is 0 Å². The molecule has 92 valence electrons. The highest BCUT2D eigenvalue weighted by atomic mass is 35.5. The molecule has 2 nitrogen and oxygen atoms in total. The molecule has 0 amide bonds. The van der Waals surface area contributed by atoms with Crippen molar-refractivity contribution in [2.24, 2.45) is 0 Å². The standard InChI is InChI=1S/C13H15Cl2NO/c1-3-8-9-5-6-10(14)12(15)13(9)17-11(8)7-16-4-2/h5-6,16H,3-4,7H2,1-2H3. The van der Waals surface area contributed by atoms with Crippen molar-refractivity contribution in [3.63, 3.8) is 0 Å². The van der Waals surface area contributed by atoms with Gasteiger partial charge in [0.1, 0.15) is 10.8 Å². The van der Waals surface area contributed by atoms with Crippen LogP contribution in [0, 0.1) is 0 Å². The Bertz CT molecular complexity index is 534. The number of hydrogen-bond acceptors (Lipinski definition) is 2. The molecular weight excluding hydrogens is 257 g/mol. The van der Waals surface area contributed by atoms with Crippen molar-refractivity contribution in [2.45, 2.75) is 26.8 Å². The summed E-state index contributed by atoms with van der Waals surface area (Å²) in [6, 6.07) is 3.79. The minimum atomic E-state index is 0.501. The Labute approximate surface area is 111 Å². The molecule has 0 aliphatic rings. The number of rotatable bonds is 4. The fourth-order valence-electron chi connectivity index (χ4n) is 1.97. The zero-order valence-electron chi connectivity index (χ0n) is 9.94. The van der Waals surface area contributed by atoms with Gasteiger partial charge in [-0.25, -0.2) is 0 Å². The third kappa shape index (κ3) is 2.30. The van der Waals surface area contributed by atoms with Gasteiger partial charge in [0.25, 0.3) is 0 Å². The third-order valence-corrected chi connectivity index (χ3v) is 3.61. The van der Waals surface area contributed by atoms with Crippen LogP contribution in [0.2, 0.25) is 10.0 Å². The fraction of sp³-hybridized carbons (Fsp3) is 0.385. The lowest BCUT2D eigenvalue weighted by Crippen LogP contribution is -2.12. The van der Waals surface area contributed by atoms with Crippen LogP contribution in [0.15, 0.2) is 16.5 Å². The summed E-state index contributed by atoms with van der Waals surface area (Å²) in [4.78, 5) is 0. The van der Waals surface area contributed by atoms with Gasteiger partial charge >= 0.3 is 0 Å². The fourth-order valence-corrected chi connectivity index (χ4v) is 2.33. The molecule has 0 saturated carbocycles. The molecule has 0 aliphatic heterocycles. The molecule has 0 saturated heterocycles. The molecular formula is C13H15Cl2NO. The van der Waals surface area contributed by atoms with E-state index in [1.165, 1.54) is 5.56 Å². The van der Waals surface area contributed by atoms with E-state index in [0.29, 0.717) is 15.6 Å². The molecule has 0 bridgehead atoms. The van der Waals surface area contributed by atoms with Crippen LogP contribution >= 0.6 is 23.2 Å². The highest BCUT2D eigenvalue weighted by Crippen LogP contribution is 2.35. The highest BCUT2D eigenvalue weighted by molar-refractivity contribution is 6.44. The van der Waals surface area contributed by atoms with E-state index in [2.05, 4.69) is 19.2 Å². The number of aryl methyl sites for hydroxylation is 1. The smallest absolute Gasteiger partial charge is 0.154 e. The van der Waals surface area contributed by atoms with E-state index >= 15 is 0 Å². The number of nitrogens with one attached hydrogen (secondary N) is 1. The Morgan fingerprint density at radius 1 is 1.24 bits per heavy atom. The Morgan fingerprint density at radius 3 is 2.65 bits per heavy atom. The van der Waals surface area contributed by atoms with E-state index < -0.39 is 0 Å². The first-order chi connectivity index (χ1) is 8.19. The van der Waals surface area contributed by atoms with Crippen molar-refractivity contribution < 1.29 is 4.42 Å². The van der Waals surface area contributed by atoms with E-state index in [9.17, 15) is 0 Å². The first-order valence-corrected chi connectivity index (χ1v) is 6.53. The summed E-state index contributed by atoms with van der Waals surface area (Å²) in [5, 5.41) is 5.36. The van der Waals surface area contributed by atoms with Gasteiger partial charge in [0, 0.05) is 10.9 Å². The van der Waals surface area contributed by atoms with Gasteiger partial charge in [-0.1, -0.05) is 37.0 Å². The number of fused-ring (bicyclic) bond motifs is 1. The summed E-state index contributed by atoms with van der Waals surface area (Å²) in [6.45, 7) is 5.82. The van der Waals surface area contributed by atoms with Crippen LogP contribution in [0.25, 0.3) is 11.0 Å². The molecule has 0 radical (unpaired) electrons. The molecule has 1 aromatic carbocycles. The van der Waals surface area contributed by atoms with E-state index in [1.54, 1.807) is 0 Å². The third-order valence-electron chi connectivity index (χ3n) is 2.83. The van der Waals surface area contributed by atoms with Gasteiger partial charge in [0.2, 0.25) is 0 Å². The average Bonchev–Trinajstić information content (AvgIpc) is 2.69. The monoisotopic (exact) mass is 271 g/mol. The zero-order valence-corrected chi connectivity index (χ0v) is 11.5. The molecule has 1 heterocycles. The predicted molar refractivity (Wildman–Crippen MR) is 73.0 cm³/mol. The maximum atomic E-state index is 6.16. The largest absolute Gasteiger partial charge is 0.458 e. The summed E-state index contributed by atoms with van der Waals surface area (Å²) in [6.07, 6.45) is 0.922. The quantitative estimate of drug-likeness (QED) is 0.891. The number of hydrogen-bond donors (Lipinski definition) is 1. The van der Waals surface area contributed by atoms with E-state index in [-0.39, 0.29) is 0 Å². The molecule has 0 fully saturated rings. The highest BCUT2D eigenvalue weighted by Gasteiger charge is 2.16. The predicted octanol–water partition coefficient (Wildman–Crippen LogP) is 4.41. The van der Waals surface area contributed by atoms with Crippen molar-refractivity contribution in [1.82, 2.24) is 5.32 Å². The first-order valence-electron chi connectivity index (χ1n) is 5.78. The number of benzene rings is 1. The van der Waals surface area contributed by atoms with Crippen LogP contribution in [0.3, 0.4) is 0 Å². The lowest BCUT2D eigenvalue weighted by atomic mass is 10.1. The average molecular weight is 272 g/mol. The molecule has 1 aromatic heterocycles. The summed E-state index contributed by atoms with van der Waals surface area (Å²) < 4.78 is 5.82. The Balaban J connectivity index is 2.57. The van der Waals surface area contributed by atoms with Crippen LogP contribution in [-0.4, -0.2) is 6.54 Å². The molecule has 0 spiro atoms. The molecule has 0 aliphatic carbocycles. The Kier molecular flexibility index (Phi) is 3.97. The molecule has 0 atom stereocenters. The molecule has 2 rings (SSSR count). The minimum Gasteiger partial charge on any atom is -0.458 e. The lowest BCUT2D eigenvalue weighted by molar-refractivity contribution is 0.514. The van der Waals surface area contributed by atoms with Gasteiger partial charge in [0.05, 0.1) is 11.6 Å². The van der Waals surface area contributed by atoms with Crippen LogP contribution in [0.1, 0.15) is 25.2 Å². The summed E-state index contributed by atoms with van der Waals surface area (Å²) >= 11 is 12.1. The van der Waals surface area contributed by atoms with Crippen molar-refractivity contribution in [2.75, 3.05) is 6.54 Å². The van der Waals surface area contributed by atoms with E-state index in [4.69, 9.17) is 27.6 Å². The maximum absolute atomic E-state index is 6.16. The topological polar surface area (TPSA) is 25.2 Å². The normalized spacial score (nSPS) is 11.3. The second kappa shape index (κ2) is 5.30. The zero-order chi connectivity index (χ0) is 12.4. The molecule has 0 unspecified atom stereocenters. The number of halogens is 2. The van der Waals surface area contributed by atoms with Crippen molar-refractivity contribution in [3.05, 3.63) is 33.5 Å². The van der Waals surface area contributed by atoms with Crippen LogP contribution in [-0.2, 0) is 13.0 Å². The van der Waals surface area contributed by atoms with Crippen LogP contribution in [0.5, 0.6) is 0 Å². The first kappa shape index (κ1) is 12.7. The Hall–Kier alpha value is -0.700. The summed E-state index contributed by atoms with van der Waals surface area (Å²) in [5.74, 6) is 0.952. The lowest BCUT2D eigenvalue weighted by Gasteiger charge is -2.00. The second-order valence-electron chi connectivity index (χ2n) is 3.88. The summed E-state index contributed by atoms with van der Waals surface area (Å²) in [5.41, 5.74) is 1.91. The van der Waals surface area contributed by atoms with Gasteiger partial charge in [0.15, 0.2) is 5.58 Å². The van der Waals surface area contributed by atoms with E-state index in [1.807, 2.05) is 12.1 Å².